The van der Waals surface area contributed by atoms with Gasteiger partial charge < -0.3 is 5.32 Å². The van der Waals surface area contributed by atoms with E-state index in [2.05, 4.69) is 25.6 Å². The summed E-state index contributed by atoms with van der Waals surface area (Å²) in [5.41, 5.74) is 3.29. The molecule has 0 aliphatic heterocycles. The van der Waals surface area contributed by atoms with Gasteiger partial charge in [0.25, 0.3) is 5.91 Å². The van der Waals surface area contributed by atoms with Gasteiger partial charge in [0.05, 0.1) is 11.9 Å². The molecule has 0 fully saturated rings. The number of carbonyl (C=O) groups excluding carboxylic acids is 1. The molecule has 3 heterocycles. The van der Waals surface area contributed by atoms with Crippen molar-refractivity contribution < 1.29 is 4.79 Å². The van der Waals surface area contributed by atoms with E-state index >= 15 is 0 Å². The third-order valence-electron chi connectivity index (χ3n) is 3.93. The summed E-state index contributed by atoms with van der Waals surface area (Å²) in [6.07, 6.45) is 5.21. The SMILES string of the molecule is Cc1nc(-n2cc(-c3cccnc3)nn2)sc1C(=O)NCc1ccccc1. The van der Waals surface area contributed by atoms with Gasteiger partial charge in [-0.15, -0.1) is 5.10 Å². The topological polar surface area (TPSA) is 85.6 Å². The lowest BCUT2D eigenvalue weighted by Gasteiger charge is -2.03. The average Bonchev–Trinajstić information content (AvgIpc) is 3.35. The smallest absolute Gasteiger partial charge is 0.263 e. The molecule has 0 aliphatic carbocycles. The highest BCUT2D eigenvalue weighted by atomic mass is 32.1. The number of nitrogens with one attached hydrogen (secondary N) is 1. The molecular formula is C19H16N6OS. The summed E-state index contributed by atoms with van der Waals surface area (Å²) in [6, 6.07) is 13.5. The Kier molecular flexibility index (Phi) is 4.71. The van der Waals surface area contributed by atoms with Crippen molar-refractivity contribution in [3.63, 3.8) is 0 Å². The molecule has 0 bridgehead atoms. The van der Waals surface area contributed by atoms with Crippen molar-refractivity contribution in [1.29, 1.82) is 0 Å². The van der Waals surface area contributed by atoms with Crippen molar-refractivity contribution >= 4 is 17.2 Å². The van der Waals surface area contributed by atoms with Crippen LogP contribution in [0.3, 0.4) is 0 Å². The van der Waals surface area contributed by atoms with Gasteiger partial charge in [0.1, 0.15) is 10.6 Å². The Labute approximate surface area is 159 Å². The zero-order chi connectivity index (χ0) is 18.6. The minimum atomic E-state index is -0.146. The van der Waals surface area contributed by atoms with E-state index in [-0.39, 0.29) is 5.91 Å². The molecule has 0 saturated heterocycles. The van der Waals surface area contributed by atoms with Crippen LogP contribution in [0.25, 0.3) is 16.4 Å². The van der Waals surface area contributed by atoms with E-state index in [9.17, 15) is 4.79 Å². The average molecular weight is 376 g/mol. The molecule has 0 radical (unpaired) electrons. The van der Waals surface area contributed by atoms with Crippen LogP contribution >= 0.6 is 11.3 Å². The number of carbonyl (C=O) groups is 1. The Bertz CT molecular complexity index is 1060. The third kappa shape index (κ3) is 3.75. The molecule has 4 rings (SSSR count). The molecule has 0 unspecified atom stereocenters. The first-order valence-electron chi connectivity index (χ1n) is 8.33. The van der Waals surface area contributed by atoms with Crippen molar-refractivity contribution in [3.05, 3.63) is 77.2 Å². The molecule has 1 aromatic carbocycles. The van der Waals surface area contributed by atoms with Gasteiger partial charge in [0.15, 0.2) is 0 Å². The van der Waals surface area contributed by atoms with Crippen LogP contribution in [-0.4, -0.2) is 30.9 Å². The molecule has 4 aromatic rings. The molecule has 0 atom stereocenters. The highest BCUT2D eigenvalue weighted by molar-refractivity contribution is 7.16. The lowest BCUT2D eigenvalue weighted by atomic mass is 10.2. The number of nitrogens with zero attached hydrogens (tertiary/aromatic N) is 5. The molecule has 3 aromatic heterocycles. The van der Waals surface area contributed by atoms with Gasteiger partial charge >= 0.3 is 0 Å². The molecule has 1 N–H and O–H groups in total. The highest BCUT2D eigenvalue weighted by Crippen LogP contribution is 2.23. The Morgan fingerprint density at radius 1 is 1.19 bits per heavy atom. The number of aromatic nitrogens is 5. The minimum Gasteiger partial charge on any atom is -0.347 e. The summed E-state index contributed by atoms with van der Waals surface area (Å²) in [5, 5.41) is 11.8. The van der Waals surface area contributed by atoms with Crippen molar-refractivity contribution in [2.24, 2.45) is 0 Å². The van der Waals surface area contributed by atoms with Gasteiger partial charge in [-0.25, -0.2) is 4.98 Å². The zero-order valence-electron chi connectivity index (χ0n) is 14.5. The van der Waals surface area contributed by atoms with Gasteiger partial charge in [0, 0.05) is 24.5 Å². The van der Waals surface area contributed by atoms with Gasteiger partial charge in [-0.3, -0.25) is 9.78 Å². The van der Waals surface area contributed by atoms with E-state index in [1.165, 1.54) is 11.3 Å². The summed E-state index contributed by atoms with van der Waals surface area (Å²) in [4.78, 5) is 21.6. The Morgan fingerprint density at radius 2 is 2.04 bits per heavy atom. The number of rotatable bonds is 5. The first-order chi connectivity index (χ1) is 13.2. The van der Waals surface area contributed by atoms with Crippen LogP contribution in [0.1, 0.15) is 20.9 Å². The van der Waals surface area contributed by atoms with Crippen molar-refractivity contribution in [2.75, 3.05) is 0 Å². The quantitative estimate of drug-likeness (QED) is 0.579. The number of benzene rings is 1. The summed E-state index contributed by atoms with van der Waals surface area (Å²) < 4.78 is 1.58. The van der Waals surface area contributed by atoms with Crippen LogP contribution in [0, 0.1) is 6.92 Å². The van der Waals surface area contributed by atoms with Gasteiger partial charge in [-0.2, -0.15) is 4.68 Å². The summed E-state index contributed by atoms with van der Waals surface area (Å²) in [7, 11) is 0. The maximum atomic E-state index is 12.5. The first kappa shape index (κ1) is 17.0. The van der Waals surface area contributed by atoms with Crippen LogP contribution in [0.4, 0.5) is 0 Å². The Hall–Kier alpha value is -3.39. The van der Waals surface area contributed by atoms with Crippen molar-refractivity contribution in [3.8, 4) is 16.4 Å². The van der Waals surface area contributed by atoms with Crippen molar-refractivity contribution in [1.82, 2.24) is 30.3 Å². The standard InChI is InChI=1S/C19H16N6OS/c1-13-17(18(26)21-10-14-6-3-2-4-7-14)27-19(22-13)25-12-16(23-24-25)15-8-5-9-20-11-15/h2-9,11-12H,10H2,1H3,(H,21,26). The molecule has 1 amide bonds. The maximum Gasteiger partial charge on any atom is 0.263 e. The predicted molar refractivity (Wildman–Crippen MR) is 103 cm³/mol. The van der Waals surface area contributed by atoms with Gasteiger partial charge in [0.2, 0.25) is 5.13 Å². The second kappa shape index (κ2) is 7.46. The van der Waals surface area contributed by atoms with Crippen LogP contribution < -0.4 is 5.32 Å². The predicted octanol–water partition coefficient (Wildman–Crippen LogP) is 3.02. The number of aryl methyl sites for hydroxylation is 1. The van der Waals surface area contributed by atoms with E-state index in [0.717, 1.165) is 11.1 Å². The lowest BCUT2D eigenvalue weighted by molar-refractivity contribution is 0.0954. The fourth-order valence-electron chi connectivity index (χ4n) is 2.55. The van der Waals surface area contributed by atoms with E-state index in [1.807, 2.05) is 49.4 Å². The molecule has 0 spiro atoms. The van der Waals surface area contributed by atoms with Crippen LogP contribution in [0.15, 0.2) is 61.1 Å². The fourth-order valence-corrected chi connectivity index (χ4v) is 3.46. The number of pyridine rings is 1. The number of thiazole rings is 1. The summed E-state index contributed by atoms with van der Waals surface area (Å²) >= 11 is 1.29. The van der Waals surface area contributed by atoms with Crippen LogP contribution in [-0.2, 0) is 6.54 Å². The Morgan fingerprint density at radius 3 is 2.81 bits per heavy atom. The second-order valence-electron chi connectivity index (χ2n) is 5.87. The molecule has 7 nitrogen and oxygen atoms in total. The number of hydrogen-bond donors (Lipinski definition) is 1. The van der Waals surface area contributed by atoms with E-state index in [0.29, 0.717) is 27.9 Å². The van der Waals surface area contributed by atoms with Gasteiger partial charge in [-0.1, -0.05) is 46.9 Å². The normalized spacial score (nSPS) is 10.7. The zero-order valence-corrected chi connectivity index (χ0v) is 15.3. The molecule has 27 heavy (non-hydrogen) atoms. The first-order valence-corrected chi connectivity index (χ1v) is 9.15. The fraction of sp³-hybridized carbons (Fsp3) is 0.105. The van der Waals surface area contributed by atoms with Gasteiger partial charge in [-0.05, 0) is 24.6 Å². The Balaban J connectivity index is 1.51. The van der Waals surface area contributed by atoms with E-state index in [4.69, 9.17) is 0 Å². The molecular weight excluding hydrogens is 360 g/mol. The monoisotopic (exact) mass is 376 g/mol. The second-order valence-corrected chi connectivity index (χ2v) is 6.85. The largest absolute Gasteiger partial charge is 0.347 e. The number of hydrogen-bond acceptors (Lipinski definition) is 6. The molecule has 8 heteroatoms. The maximum absolute atomic E-state index is 12.5. The summed E-state index contributed by atoms with van der Waals surface area (Å²) in [5.74, 6) is -0.146. The number of amides is 1. The minimum absolute atomic E-state index is 0.146. The van der Waals surface area contributed by atoms with E-state index < -0.39 is 0 Å². The molecule has 0 saturated carbocycles. The summed E-state index contributed by atoms with van der Waals surface area (Å²) in [6.45, 7) is 2.29. The highest BCUT2D eigenvalue weighted by Gasteiger charge is 2.17. The van der Waals surface area contributed by atoms with Crippen LogP contribution in [0.2, 0.25) is 0 Å². The molecule has 134 valence electrons. The van der Waals surface area contributed by atoms with E-state index in [1.54, 1.807) is 23.3 Å². The third-order valence-corrected chi connectivity index (χ3v) is 5.08. The molecule has 0 aliphatic rings. The van der Waals surface area contributed by atoms with Crippen LogP contribution in [0.5, 0.6) is 0 Å². The van der Waals surface area contributed by atoms with Crippen molar-refractivity contribution in [2.45, 2.75) is 13.5 Å². The lowest BCUT2D eigenvalue weighted by Crippen LogP contribution is -2.22.